The predicted molar refractivity (Wildman–Crippen MR) is 67.3 cm³/mol. The van der Waals surface area contributed by atoms with E-state index in [2.05, 4.69) is 22.2 Å². The van der Waals surface area contributed by atoms with Gasteiger partial charge in [0.1, 0.15) is 0 Å². The minimum absolute atomic E-state index is 0.0645. The lowest BCUT2D eigenvalue weighted by atomic mass is 10.1. The van der Waals surface area contributed by atoms with Gasteiger partial charge in [0, 0.05) is 6.54 Å². The van der Waals surface area contributed by atoms with Crippen molar-refractivity contribution in [3.8, 4) is 0 Å². The molecule has 0 unspecified atom stereocenters. The van der Waals surface area contributed by atoms with E-state index in [0.717, 1.165) is 12.1 Å². The molecule has 0 saturated carbocycles. The van der Waals surface area contributed by atoms with E-state index < -0.39 is 22.9 Å². The number of halogens is 3. The van der Waals surface area contributed by atoms with E-state index in [1.165, 1.54) is 0 Å². The molecular formula is C12H11F3N3O2. The number of alkyl halides is 3. The SMILES string of the molecule is [CH2]CNCc1cc(C(F)(F)F)cc2[nH]c(=O)c(=O)[nH]c12. The van der Waals surface area contributed by atoms with Crippen molar-refractivity contribution in [3.05, 3.63) is 50.9 Å². The highest BCUT2D eigenvalue weighted by Gasteiger charge is 2.31. The first kappa shape index (κ1) is 14.3. The fourth-order valence-electron chi connectivity index (χ4n) is 1.82. The van der Waals surface area contributed by atoms with Crippen molar-refractivity contribution in [1.82, 2.24) is 15.3 Å². The van der Waals surface area contributed by atoms with E-state index >= 15 is 0 Å². The Morgan fingerprint density at radius 1 is 1.15 bits per heavy atom. The minimum Gasteiger partial charge on any atom is -0.316 e. The van der Waals surface area contributed by atoms with Gasteiger partial charge in [-0.1, -0.05) is 0 Å². The first-order chi connectivity index (χ1) is 9.32. The van der Waals surface area contributed by atoms with Crippen LogP contribution in [0.5, 0.6) is 0 Å². The maximum atomic E-state index is 12.8. The third-order valence-corrected chi connectivity index (χ3v) is 2.73. The molecule has 20 heavy (non-hydrogen) atoms. The quantitative estimate of drug-likeness (QED) is 0.741. The third-order valence-electron chi connectivity index (χ3n) is 2.73. The molecule has 0 bridgehead atoms. The molecule has 0 aliphatic heterocycles. The average molecular weight is 286 g/mol. The fourth-order valence-corrected chi connectivity index (χ4v) is 1.82. The average Bonchev–Trinajstić information content (AvgIpc) is 2.36. The van der Waals surface area contributed by atoms with E-state index in [1.807, 2.05) is 0 Å². The van der Waals surface area contributed by atoms with Gasteiger partial charge in [0.25, 0.3) is 0 Å². The first-order valence-electron chi connectivity index (χ1n) is 5.69. The number of hydrogen-bond acceptors (Lipinski definition) is 3. The van der Waals surface area contributed by atoms with Crippen molar-refractivity contribution in [3.63, 3.8) is 0 Å². The van der Waals surface area contributed by atoms with Gasteiger partial charge in [0.05, 0.1) is 16.6 Å². The lowest BCUT2D eigenvalue weighted by molar-refractivity contribution is -0.137. The van der Waals surface area contributed by atoms with Crippen LogP contribution >= 0.6 is 0 Å². The molecule has 0 amide bonds. The molecule has 1 aromatic heterocycles. The van der Waals surface area contributed by atoms with Crippen LogP contribution in [0.1, 0.15) is 11.1 Å². The maximum Gasteiger partial charge on any atom is 0.416 e. The molecule has 0 fully saturated rings. The predicted octanol–water partition coefficient (Wildman–Crippen LogP) is 1.16. The monoisotopic (exact) mass is 286 g/mol. The first-order valence-corrected chi connectivity index (χ1v) is 5.69. The van der Waals surface area contributed by atoms with Gasteiger partial charge in [-0.05, 0) is 31.2 Å². The Kier molecular flexibility index (Phi) is 3.67. The summed E-state index contributed by atoms with van der Waals surface area (Å²) in [6, 6.07) is 1.72. The van der Waals surface area contributed by atoms with Crippen LogP contribution in [0.2, 0.25) is 0 Å². The van der Waals surface area contributed by atoms with Crippen LogP contribution in [0.4, 0.5) is 13.2 Å². The Labute approximate surface area is 110 Å². The number of H-pyrrole nitrogens is 2. The number of nitrogens with one attached hydrogen (secondary N) is 3. The van der Waals surface area contributed by atoms with E-state index in [0.29, 0.717) is 6.54 Å². The number of aromatic nitrogens is 2. The minimum atomic E-state index is -4.54. The zero-order valence-corrected chi connectivity index (χ0v) is 10.2. The molecule has 0 aliphatic rings. The molecule has 107 valence electrons. The molecule has 0 spiro atoms. The Morgan fingerprint density at radius 2 is 1.80 bits per heavy atom. The summed E-state index contributed by atoms with van der Waals surface area (Å²) >= 11 is 0. The molecule has 1 aromatic carbocycles. The summed E-state index contributed by atoms with van der Waals surface area (Å²) < 4.78 is 38.4. The van der Waals surface area contributed by atoms with Gasteiger partial charge in [-0.25, -0.2) is 0 Å². The van der Waals surface area contributed by atoms with Gasteiger partial charge in [-0.2, -0.15) is 13.2 Å². The second-order valence-electron chi connectivity index (χ2n) is 4.14. The molecule has 0 aliphatic carbocycles. The molecule has 0 atom stereocenters. The molecule has 0 saturated heterocycles. The van der Waals surface area contributed by atoms with Crippen molar-refractivity contribution < 1.29 is 13.2 Å². The standard InChI is InChI=1S/C12H11F3N3O2/c1-2-16-5-6-3-7(12(13,14)15)4-8-9(6)18-11(20)10(19)17-8/h3-4,16H,1-2,5H2,(H,17,19)(H,18,20). The zero-order valence-electron chi connectivity index (χ0n) is 10.2. The third kappa shape index (κ3) is 2.74. The highest BCUT2D eigenvalue weighted by Crippen LogP contribution is 2.31. The lowest BCUT2D eigenvalue weighted by Gasteiger charge is -2.12. The summed E-state index contributed by atoms with van der Waals surface area (Å²) in [5, 5.41) is 2.78. The maximum absolute atomic E-state index is 12.8. The molecule has 3 N–H and O–H groups in total. The Morgan fingerprint density at radius 3 is 2.40 bits per heavy atom. The largest absolute Gasteiger partial charge is 0.416 e. The van der Waals surface area contributed by atoms with Gasteiger partial charge in [0.15, 0.2) is 0 Å². The van der Waals surface area contributed by atoms with Crippen molar-refractivity contribution >= 4 is 11.0 Å². The van der Waals surface area contributed by atoms with Crippen molar-refractivity contribution in [2.45, 2.75) is 12.7 Å². The summed E-state index contributed by atoms with van der Waals surface area (Å²) in [5.74, 6) is 0. The number of hydrogen-bond donors (Lipinski definition) is 3. The van der Waals surface area contributed by atoms with Gasteiger partial charge in [0.2, 0.25) is 0 Å². The highest BCUT2D eigenvalue weighted by molar-refractivity contribution is 5.78. The second kappa shape index (κ2) is 5.12. The molecule has 2 rings (SSSR count). The molecule has 8 heteroatoms. The van der Waals surface area contributed by atoms with Crippen LogP contribution in [0.25, 0.3) is 11.0 Å². The number of fused-ring (bicyclic) bond motifs is 1. The number of rotatable bonds is 3. The lowest BCUT2D eigenvalue weighted by Crippen LogP contribution is -2.29. The summed E-state index contributed by atoms with van der Waals surface area (Å²) in [4.78, 5) is 26.9. The zero-order chi connectivity index (χ0) is 14.9. The summed E-state index contributed by atoms with van der Waals surface area (Å²) in [7, 11) is 0. The van der Waals surface area contributed by atoms with E-state index in [1.54, 1.807) is 0 Å². The van der Waals surface area contributed by atoms with E-state index in [9.17, 15) is 22.8 Å². The van der Waals surface area contributed by atoms with Crippen LogP contribution in [0, 0.1) is 6.92 Å². The summed E-state index contributed by atoms with van der Waals surface area (Å²) in [6.45, 7) is 3.92. The smallest absolute Gasteiger partial charge is 0.316 e. The molecule has 2 aromatic rings. The van der Waals surface area contributed by atoms with Gasteiger partial charge < -0.3 is 15.3 Å². The van der Waals surface area contributed by atoms with Crippen molar-refractivity contribution in [2.24, 2.45) is 0 Å². The molecule has 1 radical (unpaired) electrons. The summed E-state index contributed by atoms with van der Waals surface area (Å²) in [6.07, 6.45) is -4.54. The Balaban J connectivity index is 2.74. The van der Waals surface area contributed by atoms with E-state index in [-0.39, 0.29) is 23.1 Å². The van der Waals surface area contributed by atoms with Crippen LogP contribution in [0.3, 0.4) is 0 Å². The number of benzene rings is 1. The summed E-state index contributed by atoms with van der Waals surface area (Å²) in [5.41, 5.74) is -2.46. The Bertz CT molecular complexity index is 746. The highest BCUT2D eigenvalue weighted by atomic mass is 19.4. The van der Waals surface area contributed by atoms with Gasteiger partial charge >= 0.3 is 17.3 Å². The van der Waals surface area contributed by atoms with Crippen molar-refractivity contribution in [1.29, 1.82) is 0 Å². The van der Waals surface area contributed by atoms with Gasteiger partial charge in [-0.15, -0.1) is 0 Å². The number of aromatic amines is 2. The van der Waals surface area contributed by atoms with Crippen LogP contribution in [-0.4, -0.2) is 16.5 Å². The topological polar surface area (TPSA) is 77.8 Å². The molecular weight excluding hydrogens is 275 g/mol. The van der Waals surface area contributed by atoms with Crippen LogP contribution < -0.4 is 16.4 Å². The normalized spacial score (nSPS) is 12.0. The molecule has 5 nitrogen and oxygen atoms in total. The second-order valence-corrected chi connectivity index (χ2v) is 4.14. The van der Waals surface area contributed by atoms with E-state index in [4.69, 9.17) is 0 Å². The molecule has 1 heterocycles. The van der Waals surface area contributed by atoms with Crippen molar-refractivity contribution in [2.75, 3.05) is 6.54 Å². The van der Waals surface area contributed by atoms with Crippen LogP contribution in [0.15, 0.2) is 21.7 Å². The fraction of sp³-hybridized carbons (Fsp3) is 0.250. The Hall–Kier alpha value is -2.09. The van der Waals surface area contributed by atoms with Gasteiger partial charge in [-0.3, -0.25) is 9.59 Å². The van der Waals surface area contributed by atoms with Crippen LogP contribution in [-0.2, 0) is 12.7 Å².